The van der Waals surface area contributed by atoms with Gasteiger partial charge in [0.25, 0.3) is 0 Å². The summed E-state index contributed by atoms with van der Waals surface area (Å²) < 4.78 is 5.62. The molecular formula is C17H29ClN2O2+2. The molecule has 1 aromatic rings. The summed E-state index contributed by atoms with van der Waals surface area (Å²) in [6.07, 6.45) is 2.06. The molecule has 0 radical (unpaired) electrons. The molecule has 2 rings (SSSR count). The first kappa shape index (κ1) is 17.7. The summed E-state index contributed by atoms with van der Waals surface area (Å²) in [4.78, 5) is 3.04. The second kappa shape index (κ2) is 8.85. The first-order valence-electron chi connectivity index (χ1n) is 8.19. The molecule has 1 unspecified atom stereocenters. The van der Waals surface area contributed by atoms with E-state index in [4.69, 9.17) is 16.3 Å². The van der Waals surface area contributed by atoms with E-state index >= 15 is 0 Å². The monoisotopic (exact) mass is 328 g/mol. The first-order valence-corrected chi connectivity index (χ1v) is 8.57. The minimum absolute atomic E-state index is 0.362. The molecular weight excluding hydrogens is 300 g/mol. The lowest BCUT2D eigenvalue weighted by Gasteiger charge is -2.31. The Morgan fingerprint density at radius 3 is 2.73 bits per heavy atom. The van der Waals surface area contributed by atoms with Gasteiger partial charge < -0.3 is 19.6 Å². The average Bonchev–Trinajstić information content (AvgIpc) is 2.50. The van der Waals surface area contributed by atoms with Gasteiger partial charge in [0.2, 0.25) is 0 Å². The van der Waals surface area contributed by atoms with Crippen molar-refractivity contribution in [3.8, 4) is 0 Å². The van der Waals surface area contributed by atoms with E-state index in [0.717, 1.165) is 12.1 Å². The van der Waals surface area contributed by atoms with Gasteiger partial charge in [0, 0.05) is 17.9 Å². The van der Waals surface area contributed by atoms with Gasteiger partial charge in [0.15, 0.2) is 0 Å². The SMILES string of the molecule is C[NH+]1CCC([NH+](C)C[C@@H](O)COCc2ccccc2Cl)CC1. The molecule has 0 bridgehead atoms. The average molecular weight is 329 g/mol. The van der Waals surface area contributed by atoms with E-state index in [1.807, 2.05) is 24.3 Å². The normalized spacial score (nSPS) is 24.9. The Kier molecular flexibility index (Phi) is 7.12. The summed E-state index contributed by atoms with van der Waals surface area (Å²) in [6, 6.07) is 8.33. The van der Waals surface area contributed by atoms with Gasteiger partial charge in [-0.3, -0.25) is 0 Å². The van der Waals surface area contributed by atoms with Crippen molar-refractivity contribution in [3.63, 3.8) is 0 Å². The van der Waals surface area contributed by atoms with Crippen LogP contribution in [0.25, 0.3) is 0 Å². The fourth-order valence-corrected chi connectivity index (χ4v) is 3.31. The van der Waals surface area contributed by atoms with Crippen LogP contribution in [0.15, 0.2) is 24.3 Å². The van der Waals surface area contributed by atoms with Crippen LogP contribution in [0.2, 0.25) is 5.02 Å². The minimum Gasteiger partial charge on any atom is -0.385 e. The Bertz CT molecular complexity index is 450. The quantitative estimate of drug-likeness (QED) is 0.626. The van der Waals surface area contributed by atoms with E-state index in [1.54, 1.807) is 4.90 Å². The number of likely N-dealkylation sites (N-methyl/N-ethyl adjacent to an activating group) is 1. The van der Waals surface area contributed by atoms with Crippen LogP contribution >= 0.6 is 11.6 Å². The topological polar surface area (TPSA) is 38.3 Å². The zero-order valence-corrected chi connectivity index (χ0v) is 14.4. The number of aliphatic hydroxyl groups excluding tert-OH is 1. The molecule has 2 atom stereocenters. The van der Waals surface area contributed by atoms with Crippen molar-refractivity contribution in [3.05, 3.63) is 34.9 Å². The lowest BCUT2D eigenvalue weighted by molar-refractivity contribution is -0.941. The van der Waals surface area contributed by atoms with Crippen LogP contribution in [-0.2, 0) is 11.3 Å². The fourth-order valence-electron chi connectivity index (χ4n) is 3.12. The molecule has 4 nitrogen and oxygen atoms in total. The van der Waals surface area contributed by atoms with E-state index < -0.39 is 6.10 Å². The highest BCUT2D eigenvalue weighted by atomic mass is 35.5. The molecule has 1 aromatic carbocycles. The first-order chi connectivity index (χ1) is 10.6. The molecule has 22 heavy (non-hydrogen) atoms. The summed E-state index contributed by atoms with van der Waals surface area (Å²) in [5, 5.41) is 10.9. The van der Waals surface area contributed by atoms with E-state index in [-0.39, 0.29) is 0 Å². The van der Waals surface area contributed by atoms with E-state index in [9.17, 15) is 5.11 Å². The summed E-state index contributed by atoms with van der Waals surface area (Å²) >= 11 is 6.09. The molecule has 1 fully saturated rings. The Hall–Kier alpha value is -0.650. The number of nitrogens with one attached hydrogen (secondary N) is 2. The van der Waals surface area contributed by atoms with E-state index in [1.165, 1.54) is 30.8 Å². The van der Waals surface area contributed by atoms with Crippen LogP contribution in [0, 0.1) is 0 Å². The van der Waals surface area contributed by atoms with Crippen molar-refractivity contribution < 1.29 is 19.6 Å². The molecule has 124 valence electrons. The fraction of sp³-hybridized carbons (Fsp3) is 0.647. The molecule has 0 saturated carbocycles. The molecule has 1 aliphatic rings. The third-order valence-corrected chi connectivity index (χ3v) is 4.99. The molecule has 5 heteroatoms. The zero-order valence-electron chi connectivity index (χ0n) is 13.6. The van der Waals surface area contributed by atoms with Crippen LogP contribution in [-0.4, -0.2) is 57.6 Å². The number of likely N-dealkylation sites (tertiary alicyclic amines) is 1. The summed E-state index contributed by atoms with van der Waals surface area (Å²) in [6.45, 7) is 4.03. The zero-order chi connectivity index (χ0) is 15.9. The molecule has 0 amide bonds. The van der Waals surface area contributed by atoms with Crippen LogP contribution in [0.1, 0.15) is 18.4 Å². The van der Waals surface area contributed by atoms with Gasteiger partial charge in [-0.1, -0.05) is 29.8 Å². The summed E-state index contributed by atoms with van der Waals surface area (Å²) in [7, 11) is 4.44. The number of hydrogen-bond acceptors (Lipinski definition) is 2. The van der Waals surface area contributed by atoms with Crippen molar-refractivity contribution in [1.82, 2.24) is 0 Å². The predicted molar refractivity (Wildman–Crippen MR) is 88.5 cm³/mol. The number of hydrogen-bond donors (Lipinski definition) is 3. The maximum absolute atomic E-state index is 10.2. The van der Waals surface area contributed by atoms with Crippen LogP contribution < -0.4 is 9.80 Å². The van der Waals surface area contributed by atoms with Gasteiger partial charge in [-0.05, 0) is 11.6 Å². The highest BCUT2D eigenvalue weighted by Crippen LogP contribution is 2.15. The van der Waals surface area contributed by atoms with Crippen molar-refractivity contribution in [2.45, 2.75) is 31.6 Å². The standard InChI is InChI=1S/C17H27ClN2O2/c1-19-9-7-15(8-10-19)20(2)11-16(21)13-22-12-14-5-3-4-6-17(14)18/h3-6,15-16,21H,7-13H2,1-2H3/p+2/t16-/m1/s1. The van der Waals surface area contributed by atoms with Crippen molar-refractivity contribution in [2.24, 2.45) is 0 Å². The summed E-state index contributed by atoms with van der Waals surface area (Å²) in [5.41, 5.74) is 0.968. The van der Waals surface area contributed by atoms with Gasteiger partial charge in [0.05, 0.1) is 46.4 Å². The lowest BCUT2D eigenvalue weighted by Crippen LogP contribution is -3.18. The van der Waals surface area contributed by atoms with Gasteiger partial charge in [0.1, 0.15) is 12.6 Å². The van der Waals surface area contributed by atoms with Gasteiger partial charge in [-0.2, -0.15) is 0 Å². The number of halogens is 1. The number of ether oxygens (including phenoxy) is 1. The van der Waals surface area contributed by atoms with Crippen molar-refractivity contribution >= 4 is 11.6 Å². The lowest BCUT2D eigenvalue weighted by atomic mass is 10.0. The molecule has 1 aliphatic heterocycles. The number of quaternary nitrogens is 2. The number of piperidine rings is 1. The molecule has 1 heterocycles. The number of aliphatic hydroxyl groups is 1. The smallest absolute Gasteiger partial charge is 0.126 e. The Balaban J connectivity index is 1.67. The van der Waals surface area contributed by atoms with Crippen LogP contribution in [0.3, 0.4) is 0 Å². The maximum atomic E-state index is 10.2. The molecule has 3 N–H and O–H groups in total. The highest BCUT2D eigenvalue weighted by molar-refractivity contribution is 6.31. The third kappa shape index (κ3) is 5.52. The van der Waals surface area contributed by atoms with Gasteiger partial charge >= 0.3 is 0 Å². The summed E-state index contributed by atoms with van der Waals surface area (Å²) in [5.74, 6) is 0. The highest BCUT2D eigenvalue weighted by Gasteiger charge is 2.27. The second-order valence-electron chi connectivity index (χ2n) is 6.54. The van der Waals surface area contributed by atoms with Crippen molar-refractivity contribution in [1.29, 1.82) is 0 Å². The largest absolute Gasteiger partial charge is 0.385 e. The van der Waals surface area contributed by atoms with Gasteiger partial charge in [-0.15, -0.1) is 0 Å². The Morgan fingerprint density at radius 2 is 2.05 bits per heavy atom. The Morgan fingerprint density at radius 1 is 1.36 bits per heavy atom. The molecule has 0 aliphatic carbocycles. The molecule has 0 aromatic heterocycles. The van der Waals surface area contributed by atoms with Gasteiger partial charge in [-0.25, -0.2) is 0 Å². The molecule has 1 saturated heterocycles. The number of benzene rings is 1. The second-order valence-corrected chi connectivity index (χ2v) is 6.95. The maximum Gasteiger partial charge on any atom is 0.126 e. The van der Waals surface area contributed by atoms with Crippen LogP contribution in [0.5, 0.6) is 0 Å². The Labute approximate surface area is 138 Å². The number of rotatable bonds is 7. The third-order valence-electron chi connectivity index (χ3n) is 4.62. The molecule has 0 spiro atoms. The van der Waals surface area contributed by atoms with E-state index in [0.29, 0.717) is 24.3 Å². The minimum atomic E-state index is -0.422. The van der Waals surface area contributed by atoms with Crippen molar-refractivity contribution in [2.75, 3.05) is 40.3 Å². The predicted octanol–water partition coefficient (Wildman–Crippen LogP) is -0.591. The van der Waals surface area contributed by atoms with Crippen LogP contribution in [0.4, 0.5) is 0 Å². The van der Waals surface area contributed by atoms with E-state index in [2.05, 4.69) is 14.1 Å².